The molecule has 6 nitrogen and oxygen atoms in total. The number of carbonyl (C=O) groups is 2. The van der Waals surface area contributed by atoms with Gasteiger partial charge < -0.3 is 19.7 Å². The summed E-state index contributed by atoms with van der Waals surface area (Å²) >= 11 is 0. The number of anilines is 1. The Morgan fingerprint density at radius 1 is 0.886 bits per heavy atom. The minimum Gasteiger partial charge on any atom is -0.384 e. The molecule has 0 aliphatic carbocycles. The third-order valence-electron chi connectivity index (χ3n) is 5.95. The van der Waals surface area contributed by atoms with Crippen molar-refractivity contribution in [1.29, 1.82) is 0 Å². The highest BCUT2D eigenvalue weighted by Crippen LogP contribution is 2.29. The molecule has 0 radical (unpaired) electrons. The molecule has 0 atom stereocenters. The van der Waals surface area contributed by atoms with Crippen molar-refractivity contribution in [1.82, 2.24) is 5.32 Å². The zero-order valence-electron chi connectivity index (χ0n) is 21.6. The van der Waals surface area contributed by atoms with Crippen LogP contribution in [0.25, 0.3) is 12.2 Å². The Morgan fingerprint density at radius 2 is 1.51 bits per heavy atom. The number of fused-ring (bicyclic) bond motifs is 2. The van der Waals surface area contributed by atoms with E-state index in [-0.39, 0.29) is 29.1 Å². The maximum Gasteiger partial charge on any atom is 0.236 e. The van der Waals surface area contributed by atoms with Crippen molar-refractivity contribution in [2.24, 2.45) is 10.8 Å². The smallest absolute Gasteiger partial charge is 0.236 e. The van der Waals surface area contributed by atoms with E-state index in [1.54, 1.807) is 12.0 Å². The number of hydrogen-bond donors (Lipinski definition) is 1. The Kier molecular flexibility index (Phi) is 8.87. The van der Waals surface area contributed by atoms with Gasteiger partial charge in [-0.3, -0.25) is 9.59 Å². The molecule has 0 saturated carbocycles. The van der Waals surface area contributed by atoms with Crippen molar-refractivity contribution in [3.05, 3.63) is 65.2 Å². The maximum absolute atomic E-state index is 13.3. The van der Waals surface area contributed by atoms with Crippen LogP contribution in [0.2, 0.25) is 0 Å². The zero-order chi connectivity index (χ0) is 25.5. The van der Waals surface area contributed by atoms with Crippen LogP contribution in [0.1, 0.15) is 50.8 Å². The third-order valence-corrected chi connectivity index (χ3v) is 5.95. The van der Waals surface area contributed by atoms with E-state index in [1.807, 2.05) is 68.5 Å². The van der Waals surface area contributed by atoms with Crippen LogP contribution in [0.5, 0.6) is 0 Å². The number of benzene rings is 2. The highest BCUT2D eigenvalue weighted by atomic mass is 16.5. The highest BCUT2D eigenvalue weighted by molar-refractivity contribution is 6.06. The first-order chi connectivity index (χ1) is 16.6. The molecule has 2 aromatic rings. The minimum atomic E-state index is -0.286. The molecule has 188 valence electrons. The molecule has 35 heavy (non-hydrogen) atoms. The molecule has 0 bridgehead atoms. The van der Waals surface area contributed by atoms with Crippen molar-refractivity contribution in [3.8, 4) is 0 Å². The van der Waals surface area contributed by atoms with Gasteiger partial charge in [-0.2, -0.15) is 0 Å². The summed E-state index contributed by atoms with van der Waals surface area (Å²) in [5.41, 5.74) is 3.53. The van der Waals surface area contributed by atoms with Crippen LogP contribution in [0, 0.1) is 10.8 Å². The van der Waals surface area contributed by atoms with Crippen molar-refractivity contribution >= 4 is 29.7 Å². The van der Waals surface area contributed by atoms with E-state index < -0.39 is 0 Å². The second-order valence-electron chi connectivity index (χ2n) is 10.8. The number of hydrogen-bond acceptors (Lipinski definition) is 4. The first kappa shape index (κ1) is 26.6. The maximum atomic E-state index is 13.3. The van der Waals surface area contributed by atoms with Gasteiger partial charge in [-0.15, -0.1) is 0 Å². The quantitative estimate of drug-likeness (QED) is 0.492. The molecule has 1 heterocycles. The van der Waals surface area contributed by atoms with Crippen molar-refractivity contribution in [3.63, 3.8) is 0 Å². The number of nitrogens with one attached hydrogen (secondary N) is 1. The molecule has 1 aliphatic heterocycles. The fraction of sp³-hybridized carbons (Fsp3) is 0.448. The Balaban J connectivity index is 1.61. The lowest BCUT2D eigenvalue weighted by Crippen LogP contribution is -2.40. The average Bonchev–Trinajstić information content (AvgIpc) is 2.79. The monoisotopic (exact) mass is 478 g/mol. The standard InChI is InChI=1S/C29H38N2O4/c1-28(2,20-35-21-29(3,4)19-34-5)18-30-26(32)16-27(33)31-17-24-12-7-6-10-22(24)14-15-23-11-8-9-13-25(23)31/h6-15H,16-21H2,1-5H3,(H,30,32)/b15-14-. The number of amides is 2. The van der Waals surface area contributed by atoms with Crippen LogP contribution < -0.4 is 10.2 Å². The predicted octanol–water partition coefficient (Wildman–Crippen LogP) is 4.93. The van der Waals surface area contributed by atoms with Gasteiger partial charge in [0.15, 0.2) is 0 Å². The Labute approximate surface area is 209 Å². The molecule has 0 fully saturated rings. The lowest BCUT2D eigenvalue weighted by Gasteiger charge is -2.29. The van der Waals surface area contributed by atoms with Crippen LogP contribution in [-0.4, -0.2) is 45.3 Å². The highest BCUT2D eigenvalue weighted by Gasteiger charge is 2.26. The Bertz CT molecular complexity index is 1060. The van der Waals surface area contributed by atoms with Crippen LogP contribution in [0.3, 0.4) is 0 Å². The average molecular weight is 479 g/mol. The van der Waals surface area contributed by atoms with E-state index in [1.165, 1.54) is 0 Å². The summed E-state index contributed by atoms with van der Waals surface area (Å²) < 4.78 is 11.1. The van der Waals surface area contributed by atoms with Crippen molar-refractivity contribution in [2.45, 2.75) is 40.7 Å². The third kappa shape index (κ3) is 7.77. The molecule has 0 unspecified atom stereocenters. The van der Waals surface area contributed by atoms with Crippen LogP contribution in [0.15, 0.2) is 48.5 Å². The number of para-hydroxylation sites is 1. The van der Waals surface area contributed by atoms with Gasteiger partial charge in [0.1, 0.15) is 6.42 Å². The van der Waals surface area contributed by atoms with Gasteiger partial charge in [0, 0.05) is 24.5 Å². The minimum absolute atomic E-state index is 0.0728. The predicted molar refractivity (Wildman–Crippen MR) is 141 cm³/mol. The molecule has 1 aliphatic rings. The summed E-state index contributed by atoms with van der Waals surface area (Å²) in [5.74, 6) is -0.512. The van der Waals surface area contributed by atoms with E-state index in [4.69, 9.17) is 9.47 Å². The molecule has 3 rings (SSSR count). The molecule has 0 aromatic heterocycles. The van der Waals surface area contributed by atoms with Gasteiger partial charge in [-0.25, -0.2) is 0 Å². The van der Waals surface area contributed by atoms with Crippen molar-refractivity contribution in [2.75, 3.05) is 38.4 Å². The lowest BCUT2D eigenvalue weighted by molar-refractivity contribution is -0.128. The number of ether oxygens (including phenoxy) is 2. The molecule has 0 spiro atoms. The van der Waals surface area contributed by atoms with Gasteiger partial charge in [-0.1, -0.05) is 82.3 Å². The van der Waals surface area contributed by atoms with Gasteiger partial charge in [0.2, 0.25) is 11.8 Å². The van der Waals surface area contributed by atoms with Crippen LogP contribution in [0.4, 0.5) is 5.69 Å². The number of carbonyl (C=O) groups excluding carboxylic acids is 2. The number of nitrogens with zero attached hydrogens (tertiary/aromatic N) is 1. The largest absolute Gasteiger partial charge is 0.384 e. The molecule has 1 N–H and O–H groups in total. The SMILES string of the molecule is COCC(C)(C)COCC(C)(C)CNC(=O)CC(=O)N1Cc2ccccc2/C=C\c2ccccc21. The fourth-order valence-corrected chi connectivity index (χ4v) is 4.09. The van der Waals surface area contributed by atoms with Crippen molar-refractivity contribution < 1.29 is 19.1 Å². The molecule has 2 aromatic carbocycles. The molecule has 6 heteroatoms. The summed E-state index contributed by atoms with van der Waals surface area (Å²) in [7, 11) is 1.68. The first-order valence-corrected chi connectivity index (χ1v) is 12.1. The molecular formula is C29H38N2O4. The molecule has 2 amide bonds. The van der Waals surface area contributed by atoms with E-state index >= 15 is 0 Å². The zero-order valence-corrected chi connectivity index (χ0v) is 21.6. The van der Waals surface area contributed by atoms with E-state index in [0.29, 0.717) is 32.9 Å². The van der Waals surface area contributed by atoms with Gasteiger partial charge in [-0.05, 0) is 22.8 Å². The second kappa shape index (κ2) is 11.6. The van der Waals surface area contributed by atoms with Gasteiger partial charge in [0.25, 0.3) is 0 Å². The summed E-state index contributed by atoms with van der Waals surface area (Å²) in [6, 6.07) is 15.8. The molecular weight excluding hydrogens is 440 g/mol. The fourth-order valence-electron chi connectivity index (χ4n) is 4.09. The van der Waals surface area contributed by atoms with Gasteiger partial charge in [0.05, 0.1) is 32.1 Å². The van der Waals surface area contributed by atoms with E-state index in [2.05, 4.69) is 25.2 Å². The molecule has 0 saturated heterocycles. The van der Waals surface area contributed by atoms with Crippen LogP contribution >= 0.6 is 0 Å². The van der Waals surface area contributed by atoms with E-state index in [9.17, 15) is 9.59 Å². The Morgan fingerprint density at radius 3 is 2.26 bits per heavy atom. The lowest BCUT2D eigenvalue weighted by atomic mass is 9.93. The summed E-state index contributed by atoms with van der Waals surface area (Å²) in [5, 5.41) is 2.93. The summed E-state index contributed by atoms with van der Waals surface area (Å²) in [6.07, 6.45) is 3.88. The van der Waals surface area contributed by atoms with Crippen LogP contribution in [-0.2, 0) is 25.6 Å². The first-order valence-electron chi connectivity index (χ1n) is 12.1. The topological polar surface area (TPSA) is 67.9 Å². The van der Waals surface area contributed by atoms with Gasteiger partial charge >= 0.3 is 0 Å². The van der Waals surface area contributed by atoms with E-state index in [0.717, 1.165) is 22.4 Å². The summed E-state index contributed by atoms with van der Waals surface area (Å²) in [4.78, 5) is 27.8. The number of methoxy groups -OCH3 is 1. The normalized spacial score (nSPS) is 14.4. The Hall–Kier alpha value is -2.96. The number of rotatable bonds is 10. The summed E-state index contributed by atoms with van der Waals surface area (Å²) in [6.45, 7) is 10.8. The second-order valence-corrected chi connectivity index (χ2v) is 10.8.